The molecule has 44 heavy (non-hydrogen) atoms. The van der Waals surface area contributed by atoms with Crippen LogP contribution in [0.25, 0.3) is 21.5 Å². The van der Waals surface area contributed by atoms with Crippen LogP contribution in [-0.2, 0) is 0 Å². The lowest BCUT2D eigenvalue weighted by molar-refractivity contribution is 0.765. The summed E-state index contributed by atoms with van der Waals surface area (Å²) in [7, 11) is 0. The van der Waals surface area contributed by atoms with Crippen LogP contribution < -0.4 is 5.32 Å². The van der Waals surface area contributed by atoms with Gasteiger partial charge in [0.15, 0.2) is 0 Å². The quantitative estimate of drug-likeness (QED) is 0.173. The molecule has 0 aliphatic rings. The first-order valence-corrected chi connectivity index (χ1v) is 14.6. The maximum Gasteiger partial charge on any atom is 0.104 e. The SMILES string of the molecule is CCC(C)Nc1ccc(/N=N/c2ccc(/N=N/c3ccc(/N=N/c4cccnc4)cc3C)c3ccccc23)c2ccccc12. The fraction of sp³-hybridized carbons (Fsp3) is 0.139. The number of aryl methyl sites for hydroxylation is 1. The van der Waals surface area contributed by atoms with Crippen molar-refractivity contribution in [2.24, 2.45) is 30.7 Å². The van der Waals surface area contributed by atoms with Crippen molar-refractivity contribution in [3.63, 3.8) is 0 Å². The Hall–Kier alpha value is -5.63. The van der Waals surface area contributed by atoms with Gasteiger partial charge < -0.3 is 5.32 Å². The average molecular weight is 577 g/mol. The van der Waals surface area contributed by atoms with E-state index in [2.05, 4.69) is 68.9 Å². The molecule has 216 valence electrons. The molecule has 5 aromatic carbocycles. The van der Waals surface area contributed by atoms with Gasteiger partial charge in [-0.05, 0) is 80.4 Å². The minimum atomic E-state index is 0.380. The summed E-state index contributed by atoms with van der Waals surface area (Å²) in [5, 5.41) is 34.8. The lowest BCUT2D eigenvalue weighted by Crippen LogP contribution is -2.13. The smallest absolute Gasteiger partial charge is 0.104 e. The molecule has 1 atom stereocenters. The van der Waals surface area contributed by atoms with Gasteiger partial charge in [0.25, 0.3) is 0 Å². The zero-order valence-corrected chi connectivity index (χ0v) is 24.9. The second-order valence-corrected chi connectivity index (χ2v) is 10.6. The number of aromatic nitrogens is 1. The van der Waals surface area contributed by atoms with E-state index in [0.717, 1.165) is 67.7 Å². The van der Waals surface area contributed by atoms with E-state index in [1.54, 1.807) is 12.4 Å². The first kappa shape index (κ1) is 28.5. The van der Waals surface area contributed by atoms with Crippen LogP contribution in [0.4, 0.5) is 39.8 Å². The molecule has 0 spiro atoms. The Morgan fingerprint density at radius 2 is 1.14 bits per heavy atom. The van der Waals surface area contributed by atoms with Gasteiger partial charge in [0.1, 0.15) is 5.69 Å². The summed E-state index contributed by atoms with van der Waals surface area (Å²) in [6.45, 7) is 6.35. The molecular weight excluding hydrogens is 544 g/mol. The first-order valence-electron chi connectivity index (χ1n) is 14.6. The van der Waals surface area contributed by atoms with Gasteiger partial charge in [-0.15, -0.1) is 20.5 Å². The third-order valence-electron chi connectivity index (χ3n) is 7.43. The van der Waals surface area contributed by atoms with Gasteiger partial charge in [-0.1, -0.05) is 55.5 Å². The van der Waals surface area contributed by atoms with Crippen LogP contribution in [0, 0.1) is 6.92 Å². The zero-order chi connectivity index (χ0) is 30.3. The predicted molar refractivity (Wildman–Crippen MR) is 179 cm³/mol. The van der Waals surface area contributed by atoms with Crippen molar-refractivity contribution in [2.45, 2.75) is 33.2 Å². The first-order chi connectivity index (χ1) is 21.6. The van der Waals surface area contributed by atoms with Crippen molar-refractivity contribution >= 4 is 61.4 Å². The predicted octanol–water partition coefficient (Wildman–Crippen LogP) is 12.2. The van der Waals surface area contributed by atoms with E-state index >= 15 is 0 Å². The lowest BCUT2D eigenvalue weighted by atomic mass is 10.1. The standard InChI is InChI=1S/C36H32N8/c1-4-25(3)38-33-17-18-34(29-12-6-5-11-28(29)33)43-44-36-20-19-35(30-13-7-8-14-31(30)36)42-41-32-16-15-26(22-24(32)2)39-40-27-10-9-21-37-23-27/h5-23,25,38H,4H2,1-3H3/b40-39+,42-41+,44-43+. The Morgan fingerprint density at radius 3 is 1.73 bits per heavy atom. The van der Waals surface area contributed by atoms with Crippen LogP contribution in [0.3, 0.4) is 0 Å². The van der Waals surface area contributed by atoms with Crippen molar-refractivity contribution in [1.29, 1.82) is 0 Å². The summed E-state index contributed by atoms with van der Waals surface area (Å²) in [4.78, 5) is 4.06. The summed E-state index contributed by atoms with van der Waals surface area (Å²) < 4.78 is 0. The van der Waals surface area contributed by atoms with Crippen molar-refractivity contribution in [3.05, 3.63) is 121 Å². The van der Waals surface area contributed by atoms with Gasteiger partial charge >= 0.3 is 0 Å². The van der Waals surface area contributed by atoms with Gasteiger partial charge in [0, 0.05) is 39.5 Å². The maximum absolute atomic E-state index is 4.70. The second kappa shape index (κ2) is 13.1. The molecule has 1 unspecified atom stereocenters. The Labute approximate surface area is 256 Å². The van der Waals surface area contributed by atoms with Crippen molar-refractivity contribution < 1.29 is 0 Å². The number of anilines is 1. The zero-order valence-electron chi connectivity index (χ0n) is 24.9. The number of nitrogens with one attached hydrogen (secondary N) is 1. The molecule has 0 saturated carbocycles. The molecule has 6 rings (SSSR count). The third kappa shape index (κ3) is 6.39. The molecule has 8 nitrogen and oxygen atoms in total. The molecule has 6 aromatic rings. The van der Waals surface area contributed by atoms with Crippen molar-refractivity contribution in [3.8, 4) is 0 Å². The molecular formula is C36H32N8. The van der Waals surface area contributed by atoms with Crippen LogP contribution in [0.5, 0.6) is 0 Å². The van der Waals surface area contributed by atoms with Gasteiger partial charge in [-0.2, -0.15) is 10.2 Å². The summed E-state index contributed by atoms with van der Waals surface area (Å²) >= 11 is 0. The summed E-state index contributed by atoms with van der Waals surface area (Å²) in [6.07, 6.45) is 4.42. The van der Waals surface area contributed by atoms with E-state index < -0.39 is 0 Å². The molecule has 0 fully saturated rings. The highest BCUT2D eigenvalue weighted by Crippen LogP contribution is 2.37. The minimum absolute atomic E-state index is 0.380. The Morgan fingerprint density at radius 1 is 0.591 bits per heavy atom. The number of pyridine rings is 1. The summed E-state index contributed by atoms with van der Waals surface area (Å²) in [6, 6.07) is 34.1. The molecule has 0 amide bonds. The lowest BCUT2D eigenvalue weighted by Gasteiger charge is -2.15. The Balaban J connectivity index is 1.26. The fourth-order valence-electron chi connectivity index (χ4n) is 4.86. The van der Waals surface area contributed by atoms with E-state index in [9.17, 15) is 0 Å². The van der Waals surface area contributed by atoms with Crippen LogP contribution in [0.15, 0.2) is 146 Å². The third-order valence-corrected chi connectivity index (χ3v) is 7.43. The monoisotopic (exact) mass is 576 g/mol. The van der Waals surface area contributed by atoms with Crippen LogP contribution >= 0.6 is 0 Å². The minimum Gasteiger partial charge on any atom is -0.382 e. The molecule has 1 heterocycles. The highest BCUT2D eigenvalue weighted by Gasteiger charge is 2.09. The number of nitrogens with zero attached hydrogens (tertiary/aromatic N) is 7. The number of rotatable bonds is 9. The fourth-order valence-corrected chi connectivity index (χ4v) is 4.86. The number of fused-ring (bicyclic) bond motifs is 2. The molecule has 0 bridgehead atoms. The second-order valence-electron chi connectivity index (χ2n) is 10.6. The van der Waals surface area contributed by atoms with Crippen LogP contribution in [0.1, 0.15) is 25.8 Å². The molecule has 1 aromatic heterocycles. The van der Waals surface area contributed by atoms with Gasteiger partial charge in [-0.3, -0.25) is 4.98 Å². The van der Waals surface area contributed by atoms with Crippen LogP contribution in [0.2, 0.25) is 0 Å². The molecule has 0 aliphatic heterocycles. The average Bonchev–Trinajstić information content (AvgIpc) is 3.07. The highest BCUT2D eigenvalue weighted by molar-refractivity contribution is 6.01. The van der Waals surface area contributed by atoms with Gasteiger partial charge in [0.2, 0.25) is 0 Å². The topological polar surface area (TPSA) is 99.1 Å². The normalized spacial score (nSPS) is 12.6. The van der Waals surface area contributed by atoms with E-state index in [0.29, 0.717) is 11.7 Å². The van der Waals surface area contributed by atoms with Crippen molar-refractivity contribution in [1.82, 2.24) is 4.98 Å². The van der Waals surface area contributed by atoms with Gasteiger partial charge in [-0.25, -0.2) is 0 Å². The Kier molecular flexibility index (Phi) is 8.50. The molecule has 8 heteroatoms. The van der Waals surface area contributed by atoms with E-state index in [4.69, 9.17) is 10.2 Å². The molecule has 0 saturated heterocycles. The van der Waals surface area contributed by atoms with E-state index in [-0.39, 0.29) is 0 Å². The number of hydrogen-bond acceptors (Lipinski definition) is 8. The number of hydrogen-bond donors (Lipinski definition) is 1. The van der Waals surface area contributed by atoms with Crippen LogP contribution in [-0.4, -0.2) is 11.0 Å². The molecule has 1 N–H and O–H groups in total. The molecule has 0 radical (unpaired) electrons. The largest absolute Gasteiger partial charge is 0.382 e. The summed E-state index contributed by atoms with van der Waals surface area (Å²) in [5.74, 6) is 0. The Bertz CT molecular complexity index is 2010. The molecule has 0 aliphatic carbocycles. The summed E-state index contributed by atoms with van der Waals surface area (Å²) in [5.41, 5.74) is 6.59. The van der Waals surface area contributed by atoms with E-state index in [1.807, 2.05) is 85.8 Å². The highest BCUT2D eigenvalue weighted by atomic mass is 15.1. The van der Waals surface area contributed by atoms with Gasteiger partial charge in [0.05, 0.1) is 34.6 Å². The maximum atomic E-state index is 4.70. The number of benzene rings is 5. The van der Waals surface area contributed by atoms with E-state index in [1.165, 1.54) is 0 Å². The number of azo groups is 3. The van der Waals surface area contributed by atoms with Crippen molar-refractivity contribution in [2.75, 3.05) is 5.32 Å².